The van der Waals surface area contributed by atoms with Gasteiger partial charge in [0.05, 0.1) is 29.9 Å². The fourth-order valence-corrected chi connectivity index (χ4v) is 7.39. The van der Waals surface area contributed by atoms with E-state index in [1.165, 1.54) is 10.4 Å². The molecule has 9 nitrogen and oxygen atoms in total. The maximum atomic E-state index is 13.4. The number of nitrogens with one attached hydrogen (secondary N) is 1. The molecule has 2 fully saturated rings. The molecule has 2 aliphatic heterocycles. The van der Waals surface area contributed by atoms with Crippen LogP contribution in [0.25, 0.3) is 15.7 Å². The van der Waals surface area contributed by atoms with Crippen LogP contribution in [0.15, 0.2) is 30.9 Å². The largest absolute Gasteiger partial charge is 0.493 e. The van der Waals surface area contributed by atoms with E-state index in [9.17, 15) is 4.79 Å². The molecule has 0 unspecified atom stereocenters. The molecule has 1 aliphatic carbocycles. The van der Waals surface area contributed by atoms with Gasteiger partial charge in [-0.2, -0.15) is 5.10 Å². The number of amides is 1. The maximum Gasteiger partial charge on any atom is 0.226 e. The van der Waals surface area contributed by atoms with E-state index in [1.807, 2.05) is 18.3 Å². The predicted molar refractivity (Wildman–Crippen MR) is 134 cm³/mol. The van der Waals surface area contributed by atoms with Crippen molar-refractivity contribution in [2.24, 2.45) is 5.92 Å². The topological polar surface area (TPSA) is 87.9 Å². The fraction of sp³-hybridized carbons (Fsp3) is 0.440. The summed E-state index contributed by atoms with van der Waals surface area (Å²) in [6.07, 6.45) is 8.90. The Kier molecular flexibility index (Phi) is 4.75. The predicted octanol–water partition coefficient (Wildman–Crippen LogP) is 3.11. The summed E-state index contributed by atoms with van der Waals surface area (Å²) in [4.78, 5) is 29.4. The summed E-state index contributed by atoms with van der Waals surface area (Å²) in [5.41, 5.74) is 3.08. The van der Waals surface area contributed by atoms with E-state index >= 15 is 0 Å². The molecular formula is C25H27N7O2S. The number of rotatable bonds is 4. The van der Waals surface area contributed by atoms with Crippen molar-refractivity contribution in [2.45, 2.75) is 37.8 Å². The fourth-order valence-electron chi connectivity index (χ4n) is 6.12. The lowest BCUT2D eigenvalue weighted by Crippen LogP contribution is -2.49. The van der Waals surface area contributed by atoms with Gasteiger partial charge in [-0.1, -0.05) is 0 Å². The minimum absolute atomic E-state index is 0.0638. The first-order chi connectivity index (χ1) is 17.1. The van der Waals surface area contributed by atoms with Crippen molar-refractivity contribution in [3.05, 3.63) is 41.3 Å². The first kappa shape index (κ1) is 21.1. The number of pyridine rings is 1. The number of likely N-dealkylation sites (N-methyl/N-ethyl adjacent to an activating group) is 1. The highest BCUT2D eigenvalue weighted by Gasteiger charge is 2.45. The smallest absolute Gasteiger partial charge is 0.226 e. The lowest BCUT2D eigenvalue weighted by molar-refractivity contribution is -0.138. The van der Waals surface area contributed by atoms with Crippen molar-refractivity contribution in [1.82, 2.24) is 29.4 Å². The van der Waals surface area contributed by atoms with Crippen LogP contribution in [0.1, 0.15) is 23.3 Å². The number of likely N-dealkylation sites (tertiary alicyclic amines) is 2. The van der Waals surface area contributed by atoms with Crippen molar-refractivity contribution < 1.29 is 9.53 Å². The Labute approximate surface area is 206 Å². The molecule has 1 amide bonds. The number of hydrogen-bond donors (Lipinski definition) is 1. The van der Waals surface area contributed by atoms with E-state index < -0.39 is 0 Å². The van der Waals surface area contributed by atoms with Crippen LogP contribution >= 0.6 is 11.3 Å². The van der Waals surface area contributed by atoms with Crippen molar-refractivity contribution in [1.29, 1.82) is 0 Å². The van der Waals surface area contributed by atoms with Gasteiger partial charge in [0, 0.05) is 42.2 Å². The Hall–Kier alpha value is -3.24. The van der Waals surface area contributed by atoms with E-state index in [1.54, 1.807) is 35.5 Å². The molecule has 0 radical (unpaired) electrons. The summed E-state index contributed by atoms with van der Waals surface area (Å²) in [7, 11) is 3.83. The van der Waals surface area contributed by atoms with Crippen LogP contribution in [0.5, 0.6) is 5.75 Å². The molecule has 0 aromatic carbocycles. The standard InChI is InChI=1S/C25H27N7O2S/c1-30-10-17-8-16(30)11-31(17)25(33)14-3-4-18-21(7-14)35-24-22(18)23(26-13-27-24)29-19-9-15-5-6-28-32(15)12-20(19)34-2/h5-6,9,12-14,16-17H,3-4,7-8,10-11H2,1-2H3,(H,26,27,29)/t14-,16-,17-/m0/s1. The highest BCUT2D eigenvalue weighted by Crippen LogP contribution is 2.42. The average molecular weight is 490 g/mol. The summed E-state index contributed by atoms with van der Waals surface area (Å²) in [6, 6.07) is 4.89. The number of aryl methyl sites for hydroxylation is 1. The van der Waals surface area contributed by atoms with Gasteiger partial charge in [-0.15, -0.1) is 11.3 Å². The van der Waals surface area contributed by atoms with E-state index in [-0.39, 0.29) is 5.92 Å². The van der Waals surface area contributed by atoms with Crippen molar-refractivity contribution in [2.75, 3.05) is 32.6 Å². The zero-order chi connectivity index (χ0) is 23.7. The van der Waals surface area contributed by atoms with Gasteiger partial charge >= 0.3 is 0 Å². The normalized spacial score (nSPS) is 23.8. The van der Waals surface area contributed by atoms with Gasteiger partial charge in [-0.05, 0) is 50.4 Å². The van der Waals surface area contributed by atoms with Gasteiger partial charge in [0.15, 0.2) is 5.75 Å². The monoisotopic (exact) mass is 489 g/mol. The highest BCUT2D eigenvalue weighted by molar-refractivity contribution is 7.19. The Morgan fingerprint density at radius 2 is 2.17 bits per heavy atom. The molecule has 35 heavy (non-hydrogen) atoms. The van der Waals surface area contributed by atoms with Crippen LogP contribution in [0.3, 0.4) is 0 Å². The molecule has 10 heteroatoms. The number of carbonyl (C=O) groups excluding carboxylic acids is 1. The van der Waals surface area contributed by atoms with E-state index in [4.69, 9.17) is 4.74 Å². The molecule has 3 atom stereocenters. The first-order valence-corrected chi connectivity index (χ1v) is 12.9. The Morgan fingerprint density at radius 3 is 2.97 bits per heavy atom. The second-order valence-electron chi connectivity index (χ2n) is 9.90. The van der Waals surface area contributed by atoms with Gasteiger partial charge in [0.1, 0.15) is 17.0 Å². The zero-order valence-electron chi connectivity index (χ0n) is 19.8. The summed E-state index contributed by atoms with van der Waals surface area (Å²) >= 11 is 1.70. The number of nitrogens with zero attached hydrogens (tertiary/aromatic N) is 6. The van der Waals surface area contributed by atoms with Gasteiger partial charge in [-0.3, -0.25) is 9.69 Å². The van der Waals surface area contributed by atoms with Crippen LogP contribution in [0.2, 0.25) is 0 Å². The lowest BCUT2D eigenvalue weighted by Gasteiger charge is -2.35. The molecule has 180 valence electrons. The number of carbonyl (C=O) groups is 1. The van der Waals surface area contributed by atoms with E-state index in [2.05, 4.69) is 37.2 Å². The summed E-state index contributed by atoms with van der Waals surface area (Å²) in [6.45, 7) is 1.90. The number of hydrogen-bond acceptors (Lipinski definition) is 8. The molecule has 2 saturated heterocycles. The second-order valence-corrected chi connectivity index (χ2v) is 11.0. The third-order valence-corrected chi connectivity index (χ3v) is 9.13. The molecular weight excluding hydrogens is 462 g/mol. The Bertz CT molecular complexity index is 1460. The highest BCUT2D eigenvalue weighted by atomic mass is 32.1. The summed E-state index contributed by atoms with van der Waals surface area (Å²) < 4.78 is 7.39. The minimum Gasteiger partial charge on any atom is -0.493 e. The molecule has 0 spiro atoms. The molecule has 1 N–H and O–H groups in total. The molecule has 4 aromatic rings. The number of thiophene rings is 1. The number of ether oxygens (including phenoxy) is 1. The van der Waals surface area contributed by atoms with Crippen molar-refractivity contribution in [3.63, 3.8) is 0 Å². The molecule has 4 aromatic heterocycles. The molecule has 6 heterocycles. The molecule has 7 rings (SSSR count). The van der Waals surface area contributed by atoms with E-state index in [0.717, 1.165) is 66.0 Å². The van der Waals surface area contributed by atoms with Gasteiger partial charge in [0.2, 0.25) is 5.91 Å². The Morgan fingerprint density at radius 1 is 1.26 bits per heavy atom. The van der Waals surface area contributed by atoms with Crippen LogP contribution in [-0.2, 0) is 17.6 Å². The van der Waals surface area contributed by atoms with Crippen molar-refractivity contribution >= 4 is 44.5 Å². The zero-order valence-corrected chi connectivity index (χ0v) is 20.6. The summed E-state index contributed by atoms with van der Waals surface area (Å²) in [5, 5.41) is 8.85. The number of piperazine rings is 1. The van der Waals surface area contributed by atoms with E-state index in [0.29, 0.717) is 23.7 Å². The molecule has 3 aliphatic rings. The number of fused-ring (bicyclic) bond motifs is 6. The quantitative estimate of drug-likeness (QED) is 0.471. The number of anilines is 2. The molecule has 0 saturated carbocycles. The first-order valence-electron chi connectivity index (χ1n) is 12.1. The van der Waals surface area contributed by atoms with Gasteiger partial charge in [-0.25, -0.2) is 14.5 Å². The maximum absolute atomic E-state index is 13.4. The van der Waals surface area contributed by atoms with Crippen LogP contribution in [0, 0.1) is 5.92 Å². The summed E-state index contributed by atoms with van der Waals surface area (Å²) in [5.74, 6) is 1.87. The van der Waals surface area contributed by atoms with Gasteiger partial charge in [0.25, 0.3) is 0 Å². The van der Waals surface area contributed by atoms with Crippen LogP contribution in [0.4, 0.5) is 11.5 Å². The second kappa shape index (κ2) is 7.89. The lowest BCUT2D eigenvalue weighted by atomic mass is 9.86. The minimum atomic E-state index is 0.0638. The third-order valence-electron chi connectivity index (χ3n) is 7.96. The number of aromatic nitrogens is 4. The van der Waals surface area contributed by atoms with Crippen LogP contribution in [-0.4, -0.2) is 74.6 Å². The van der Waals surface area contributed by atoms with Crippen LogP contribution < -0.4 is 10.1 Å². The number of methoxy groups -OCH3 is 1. The van der Waals surface area contributed by atoms with Crippen molar-refractivity contribution in [3.8, 4) is 5.75 Å². The SMILES string of the molecule is COc1cn2nccc2cc1Nc1ncnc2sc3c(c12)CC[C@H](C(=O)N1C[C@@H]2C[C@H]1CN2C)C3. The Balaban J connectivity index is 1.19. The molecule has 2 bridgehead atoms. The van der Waals surface area contributed by atoms with Gasteiger partial charge < -0.3 is 15.0 Å². The third kappa shape index (κ3) is 3.30. The average Bonchev–Trinajstić information content (AvgIpc) is 3.64.